The summed E-state index contributed by atoms with van der Waals surface area (Å²) < 4.78 is 7.69. The molecule has 1 fully saturated rings. The van der Waals surface area contributed by atoms with Crippen molar-refractivity contribution < 1.29 is 9.53 Å². The molecule has 0 bridgehead atoms. The van der Waals surface area contributed by atoms with Crippen LogP contribution >= 0.6 is 0 Å². The van der Waals surface area contributed by atoms with Gasteiger partial charge in [0.15, 0.2) is 0 Å². The van der Waals surface area contributed by atoms with Gasteiger partial charge < -0.3 is 14.6 Å². The molecule has 0 spiro atoms. The fourth-order valence-electron chi connectivity index (χ4n) is 4.05. The fourth-order valence-corrected chi connectivity index (χ4v) is 4.05. The Morgan fingerprint density at radius 3 is 2.59 bits per heavy atom. The van der Waals surface area contributed by atoms with Crippen LogP contribution in [0.4, 0.5) is 0 Å². The average molecular weight is 363 g/mol. The zero-order valence-electron chi connectivity index (χ0n) is 15.6. The van der Waals surface area contributed by atoms with Gasteiger partial charge in [-0.25, -0.2) is 4.98 Å². The first-order chi connectivity index (χ1) is 13.2. The van der Waals surface area contributed by atoms with Crippen molar-refractivity contribution in [3.8, 4) is 0 Å². The number of ether oxygens (including phenoxy) is 1. The average Bonchev–Trinajstić information content (AvgIpc) is 3.04. The molecule has 140 valence electrons. The summed E-state index contributed by atoms with van der Waals surface area (Å²) in [6.07, 6.45) is 1.44. The molecule has 2 heterocycles. The number of carbonyl (C=O) groups is 1. The van der Waals surface area contributed by atoms with E-state index in [1.54, 1.807) is 0 Å². The Hall–Kier alpha value is -2.66. The summed E-state index contributed by atoms with van der Waals surface area (Å²) in [4.78, 5) is 17.8. The van der Waals surface area contributed by atoms with Crippen molar-refractivity contribution in [3.05, 3.63) is 66.0 Å². The number of carbonyl (C=O) groups excluding carboxylic acids is 1. The highest BCUT2D eigenvalue weighted by Crippen LogP contribution is 2.35. The standard InChI is InChI=1S/C22H25N3O2/c1-17-24-19-9-5-6-10-20(19)25(17)14-13-23-21(26)22(11-15-27-16-12-22)18-7-3-2-4-8-18/h2-10H,11-16H2,1H3,(H,23,26). The summed E-state index contributed by atoms with van der Waals surface area (Å²) in [6, 6.07) is 18.2. The van der Waals surface area contributed by atoms with Crippen LogP contribution in [0.15, 0.2) is 54.6 Å². The third kappa shape index (κ3) is 3.35. The number of benzene rings is 2. The molecule has 2 aromatic carbocycles. The maximum absolute atomic E-state index is 13.2. The number of para-hydroxylation sites is 2. The molecule has 1 N–H and O–H groups in total. The number of imidazole rings is 1. The number of hydrogen-bond donors (Lipinski definition) is 1. The minimum atomic E-state index is -0.494. The molecule has 0 atom stereocenters. The summed E-state index contributed by atoms with van der Waals surface area (Å²) >= 11 is 0. The maximum Gasteiger partial charge on any atom is 0.230 e. The van der Waals surface area contributed by atoms with Crippen LogP contribution in [-0.2, 0) is 21.5 Å². The fraction of sp³-hybridized carbons (Fsp3) is 0.364. The van der Waals surface area contributed by atoms with Crippen molar-refractivity contribution in [2.45, 2.75) is 31.7 Å². The molecular weight excluding hydrogens is 338 g/mol. The number of aryl methyl sites for hydroxylation is 1. The molecule has 0 aliphatic carbocycles. The van der Waals surface area contributed by atoms with E-state index in [0.717, 1.165) is 35.3 Å². The van der Waals surface area contributed by atoms with Crippen molar-refractivity contribution in [2.75, 3.05) is 19.8 Å². The van der Waals surface area contributed by atoms with E-state index in [4.69, 9.17) is 4.74 Å². The first-order valence-corrected chi connectivity index (χ1v) is 9.54. The lowest BCUT2D eigenvalue weighted by Crippen LogP contribution is -2.48. The topological polar surface area (TPSA) is 56.2 Å². The van der Waals surface area contributed by atoms with Crippen LogP contribution in [0.3, 0.4) is 0 Å². The molecule has 1 amide bonds. The van der Waals surface area contributed by atoms with Gasteiger partial charge in [-0.1, -0.05) is 42.5 Å². The van der Waals surface area contributed by atoms with Gasteiger partial charge in [0, 0.05) is 26.3 Å². The third-order valence-electron chi connectivity index (χ3n) is 5.57. The summed E-state index contributed by atoms with van der Waals surface area (Å²) in [7, 11) is 0. The Kier molecular flexibility index (Phi) is 4.94. The monoisotopic (exact) mass is 363 g/mol. The summed E-state index contributed by atoms with van der Waals surface area (Å²) in [6.45, 7) is 4.53. The number of amides is 1. The van der Waals surface area contributed by atoms with Crippen molar-refractivity contribution in [1.82, 2.24) is 14.9 Å². The number of nitrogens with zero attached hydrogens (tertiary/aromatic N) is 2. The van der Waals surface area contributed by atoms with Crippen LogP contribution in [0.25, 0.3) is 11.0 Å². The van der Waals surface area contributed by atoms with Crippen LogP contribution < -0.4 is 5.32 Å². The van der Waals surface area contributed by atoms with E-state index in [2.05, 4.69) is 33.1 Å². The lowest BCUT2D eigenvalue weighted by atomic mass is 9.73. The molecule has 27 heavy (non-hydrogen) atoms. The Bertz CT molecular complexity index is 927. The second kappa shape index (κ2) is 7.53. The zero-order valence-corrected chi connectivity index (χ0v) is 15.6. The van der Waals surface area contributed by atoms with E-state index in [-0.39, 0.29) is 5.91 Å². The minimum Gasteiger partial charge on any atom is -0.381 e. The van der Waals surface area contributed by atoms with Crippen molar-refractivity contribution in [1.29, 1.82) is 0 Å². The molecule has 1 aliphatic heterocycles. The molecular formula is C22H25N3O2. The van der Waals surface area contributed by atoms with Gasteiger partial charge in [-0.15, -0.1) is 0 Å². The van der Waals surface area contributed by atoms with Crippen molar-refractivity contribution >= 4 is 16.9 Å². The van der Waals surface area contributed by atoms with E-state index >= 15 is 0 Å². The summed E-state index contributed by atoms with van der Waals surface area (Å²) in [5, 5.41) is 3.18. The van der Waals surface area contributed by atoms with E-state index in [1.165, 1.54) is 0 Å². The third-order valence-corrected chi connectivity index (χ3v) is 5.57. The van der Waals surface area contributed by atoms with Crippen LogP contribution in [-0.4, -0.2) is 35.2 Å². The number of nitrogens with one attached hydrogen (secondary N) is 1. The van der Waals surface area contributed by atoms with Crippen LogP contribution in [0.5, 0.6) is 0 Å². The van der Waals surface area contributed by atoms with Gasteiger partial charge in [-0.2, -0.15) is 0 Å². The molecule has 0 saturated carbocycles. The predicted molar refractivity (Wildman–Crippen MR) is 106 cm³/mol. The first kappa shape index (κ1) is 17.7. The highest BCUT2D eigenvalue weighted by Gasteiger charge is 2.41. The van der Waals surface area contributed by atoms with Crippen molar-refractivity contribution in [3.63, 3.8) is 0 Å². The number of hydrogen-bond acceptors (Lipinski definition) is 3. The SMILES string of the molecule is Cc1nc2ccccc2n1CCNC(=O)C1(c2ccccc2)CCOCC1. The minimum absolute atomic E-state index is 0.0964. The Balaban J connectivity index is 1.49. The molecule has 5 heteroatoms. The molecule has 0 radical (unpaired) electrons. The second-order valence-corrected chi connectivity index (χ2v) is 7.12. The predicted octanol–water partition coefficient (Wildman–Crippen LogP) is 3.21. The number of aromatic nitrogens is 2. The van der Waals surface area contributed by atoms with Crippen LogP contribution in [0.2, 0.25) is 0 Å². The normalized spacial score (nSPS) is 16.3. The highest BCUT2D eigenvalue weighted by molar-refractivity contribution is 5.88. The van der Waals surface area contributed by atoms with Crippen LogP contribution in [0, 0.1) is 6.92 Å². The van der Waals surface area contributed by atoms with E-state index < -0.39 is 5.41 Å². The largest absolute Gasteiger partial charge is 0.381 e. The Morgan fingerprint density at radius 1 is 1.11 bits per heavy atom. The zero-order chi connectivity index (χ0) is 18.7. The van der Waals surface area contributed by atoms with Gasteiger partial charge in [0.1, 0.15) is 5.82 Å². The van der Waals surface area contributed by atoms with Gasteiger partial charge in [-0.3, -0.25) is 4.79 Å². The molecule has 0 unspecified atom stereocenters. The molecule has 3 aromatic rings. The van der Waals surface area contributed by atoms with Gasteiger partial charge in [0.05, 0.1) is 16.4 Å². The number of rotatable bonds is 5. The Labute approximate surface area is 159 Å². The smallest absolute Gasteiger partial charge is 0.230 e. The second-order valence-electron chi connectivity index (χ2n) is 7.12. The quantitative estimate of drug-likeness (QED) is 0.757. The van der Waals surface area contributed by atoms with Gasteiger partial charge in [0.25, 0.3) is 0 Å². The van der Waals surface area contributed by atoms with Crippen LogP contribution in [0.1, 0.15) is 24.2 Å². The highest BCUT2D eigenvalue weighted by atomic mass is 16.5. The molecule has 4 rings (SSSR count). The molecule has 1 saturated heterocycles. The van der Waals surface area contributed by atoms with E-state index in [1.807, 2.05) is 43.3 Å². The van der Waals surface area contributed by atoms with Gasteiger partial charge >= 0.3 is 0 Å². The first-order valence-electron chi connectivity index (χ1n) is 9.54. The summed E-state index contributed by atoms with van der Waals surface area (Å²) in [5.41, 5.74) is 2.68. The van der Waals surface area contributed by atoms with E-state index in [9.17, 15) is 4.79 Å². The summed E-state index contributed by atoms with van der Waals surface area (Å²) in [5.74, 6) is 1.06. The Morgan fingerprint density at radius 2 is 1.81 bits per heavy atom. The van der Waals surface area contributed by atoms with Crippen molar-refractivity contribution in [2.24, 2.45) is 0 Å². The molecule has 1 aliphatic rings. The van der Waals surface area contributed by atoms with Gasteiger partial charge in [0.2, 0.25) is 5.91 Å². The maximum atomic E-state index is 13.2. The lowest BCUT2D eigenvalue weighted by molar-refractivity contribution is -0.130. The van der Waals surface area contributed by atoms with E-state index in [0.29, 0.717) is 26.3 Å². The molecule has 1 aromatic heterocycles. The number of fused-ring (bicyclic) bond motifs is 1. The lowest BCUT2D eigenvalue weighted by Gasteiger charge is -2.36. The molecule has 5 nitrogen and oxygen atoms in total. The van der Waals surface area contributed by atoms with Gasteiger partial charge in [-0.05, 0) is 37.5 Å².